The van der Waals surface area contributed by atoms with Crippen LogP contribution in [0, 0.1) is 0 Å². The molecule has 0 radical (unpaired) electrons. The first-order chi connectivity index (χ1) is 7.79. The second-order valence-electron chi connectivity index (χ2n) is 3.57. The van der Waals surface area contributed by atoms with Gasteiger partial charge in [-0.05, 0) is 29.8 Å². The lowest BCUT2D eigenvalue weighted by Gasteiger charge is -2.06. The first kappa shape index (κ1) is 10.5. The minimum Gasteiger partial charge on any atom is -0.497 e. The number of anilines is 1. The van der Waals surface area contributed by atoms with E-state index in [1.807, 2.05) is 36.4 Å². The molecule has 2 rings (SSSR count). The van der Waals surface area contributed by atoms with Crippen molar-refractivity contribution in [3.8, 4) is 5.75 Å². The van der Waals surface area contributed by atoms with Gasteiger partial charge in [0.25, 0.3) is 0 Å². The molecule has 1 heterocycles. The van der Waals surface area contributed by atoms with Crippen LogP contribution in [0.3, 0.4) is 0 Å². The number of nitrogen functional groups attached to an aromatic ring is 1. The molecule has 0 aliphatic heterocycles. The molecule has 0 atom stereocenters. The van der Waals surface area contributed by atoms with Gasteiger partial charge in [0, 0.05) is 12.6 Å². The Hall–Kier alpha value is -2.03. The van der Waals surface area contributed by atoms with Crippen LogP contribution in [0.5, 0.6) is 5.75 Å². The van der Waals surface area contributed by atoms with Crippen LogP contribution < -0.4 is 10.5 Å². The van der Waals surface area contributed by atoms with Crippen molar-refractivity contribution >= 4 is 5.69 Å². The van der Waals surface area contributed by atoms with Crippen molar-refractivity contribution in [1.82, 2.24) is 4.98 Å². The molecule has 0 aliphatic rings. The van der Waals surface area contributed by atoms with Gasteiger partial charge in [-0.15, -0.1) is 0 Å². The fourth-order valence-corrected chi connectivity index (χ4v) is 1.57. The average molecular weight is 214 g/mol. The Morgan fingerprint density at radius 2 is 2.12 bits per heavy atom. The number of ether oxygens (including phenoxy) is 1. The topological polar surface area (TPSA) is 48.1 Å². The lowest BCUT2D eigenvalue weighted by Crippen LogP contribution is -1.98. The summed E-state index contributed by atoms with van der Waals surface area (Å²) in [5.41, 5.74) is 8.61. The highest BCUT2D eigenvalue weighted by Gasteiger charge is 2.02. The molecule has 16 heavy (non-hydrogen) atoms. The molecule has 0 saturated heterocycles. The predicted molar refractivity (Wildman–Crippen MR) is 64.4 cm³/mol. The van der Waals surface area contributed by atoms with Gasteiger partial charge in [-0.3, -0.25) is 4.98 Å². The van der Waals surface area contributed by atoms with Gasteiger partial charge in [-0.1, -0.05) is 12.1 Å². The van der Waals surface area contributed by atoms with Crippen LogP contribution in [0.1, 0.15) is 11.3 Å². The maximum Gasteiger partial charge on any atom is 0.119 e. The molecule has 0 aliphatic carbocycles. The van der Waals surface area contributed by atoms with Crippen LogP contribution in [0.15, 0.2) is 42.6 Å². The molecule has 0 bridgehead atoms. The van der Waals surface area contributed by atoms with E-state index in [-0.39, 0.29) is 0 Å². The molecule has 0 saturated carbocycles. The molecule has 3 heteroatoms. The largest absolute Gasteiger partial charge is 0.497 e. The number of methoxy groups -OCH3 is 1. The van der Waals surface area contributed by atoms with Crippen LogP contribution in [0.2, 0.25) is 0 Å². The van der Waals surface area contributed by atoms with Crippen LogP contribution >= 0.6 is 0 Å². The fourth-order valence-electron chi connectivity index (χ4n) is 1.57. The van der Waals surface area contributed by atoms with Crippen molar-refractivity contribution in [3.05, 3.63) is 53.9 Å². The van der Waals surface area contributed by atoms with E-state index in [0.29, 0.717) is 0 Å². The summed E-state index contributed by atoms with van der Waals surface area (Å²) >= 11 is 0. The van der Waals surface area contributed by atoms with Crippen molar-refractivity contribution in [1.29, 1.82) is 0 Å². The Morgan fingerprint density at radius 1 is 1.25 bits per heavy atom. The highest BCUT2D eigenvalue weighted by Crippen LogP contribution is 2.17. The fraction of sp³-hybridized carbons (Fsp3) is 0.154. The number of hydrogen-bond acceptors (Lipinski definition) is 3. The maximum absolute atomic E-state index is 5.85. The molecular weight excluding hydrogens is 200 g/mol. The third-order valence-corrected chi connectivity index (χ3v) is 2.43. The molecule has 2 aromatic rings. The van der Waals surface area contributed by atoms with E-state index in [1.54, 1.807) is 13.3 Å². The van der Waals surface area contributed by atoms with E-state index in [9.17, 15) is 0 Å². The molecule has 82 valence electrons. The summed E-state index contributed by atoms with van der Waals surface area (Å²) in [7, 11) is 1.66. The summed E-state index contributed by atoms with van der Waals surface area (Å²) < 4.78 is 5.17. The van der Waals surface area contributed by atoms with Crippen LogP contribution in [0.25, 0.3) is 0 Å². The number of rotatable bonds is 3. The van der Waals surface area contributed by atoms with E-state index >= 15 is 0 Å². The summed E-state index contributed by atoms with van der Waals surface area (Å²) in [6.07, 6.45) is 2.48. The normalized spacial score (nSPS) is 10.1. The number of pyridine rings is 1. The minimum atomic E-state index is 0.726. The second kappa shape index (κ2) is 4.66. The number of benzene rings is 1. The zero-order chi connectivity index (χ0) is 11.4. The molecule has 0 unspecified atom stereocenters. The average Bonchev–Trinajstić information content (AvgIpc) is 2.32. The molecular formula is C13H14N2O. The van der Waals surface area contributed by atoms with E-state index in [2.05, 4.69) is 4.98 Å². The summed E-state index contributed by atoms with van der Waals surface area (Å²) in [5, 5.41) is 0. The van der Waals surface area contributed by atoms with Gasteiger partial charge in [0.15, 0.2) is 0 Å². The van der Waals surface area contributed by atoms with Crippen molar-refractivity contribution in [2.75, 3.05) is 12.8 Å². The number of aromatic nitrogens is 1. The second-order valence-corrected chi connectivity index (χ2v) is 3.57. The van der Waals surface area contributed by atoms with Crippen molar-refractivity contribution in [2.45, 2.75) is 6.42 Å². The molecule has 1 aromatic heterocycles. The third-order valence-electron chi connectivity index (χ3n) is 2.43. The zero-order valence-corrected chi connectivity index (χ0v) is 9.18. The summed E-state index contributed by atoms with van der Waals surface area (Å²) in [5.74, 6) is 0.854. The Morgan fingerprint density at radius 3 is 2.88 bits per heavy atom. The van der Waals surface area contributed by atoms with E-state index in [1.165, 1.54) is 0 Å². The zero-order valence-electron chi connectivity index (χ0n) is 9.18. The van der Waals surface area contributed by atoms with Gasteiger partial charge in [-0.25, -0.2) is 0 Å². The molecule has 2 N–H and O–H groups in total. The Balaban J connectivity index is 2.24. The lowest BCUT2D eigenvalue weighted by atomic mass is 10.1. The standard InChI is InChI=1S/C13H14N2O/c1-16-11-5-2-4-10(8-11)9-13-12(14)6-3-7-15-13/h2-8H,9,14H2,1H3. The summed E-state index contributed by atoms with van der Waals surface area (Å²) in [4.78, 5) is 4.26. The van der Waals surface area contributed by atoms with Crippen molar-refractivity contribution in [3.63, 3.8) is 0 Å². The van der Waals surface area contributed by atoms with Gasteiger partial charge < -0.3 is 10.5 Å². The first-order valence-electron chi connectivity index (χ1n) is 5.12. The highest BCUT2D eigenvalue weighted by molar-refractivity contribution is 5.44. The van der Waals surface area contributed by atoms with Crippen molar-refractivity contribution in [2.24, 2.45) is 0 Å². The maximum atomic E-state index is 5.85. The molecule has 0 fully saturated rings. The SMILES string of the molecule is COc1cccc(Cc2ncccc2N)c1. The Bertz CT molecular complexity index is 483. The van der Waals surface area contributed by atoms with E-state index < -0.39 is 0 Å². The van der Waals surface area contributed by atoms with E-state index in [0.717, 1.165) is 29.1 Å². The van der Waals surface area contributed by atoms with Crippen LogP contribution in [0.4, 0.5) is 5.69 Å². The first-order valence-corrected chi connectivity index (χ1v) is 5.12. The molecule has 0 amide bonds. The Kier molecular flexibility index (Phi) is 3.05. The highest BCUT2D eigenvalue weighted by atomic mass is 16.5. The third kappa shape index (κ3) is 2.31. The summed E-state index contributed by atoms with van der Waals surface area (Å²) in [6.45, 7) is 0. The lowest BCUT2D eigenvalue weighted by molar-refractivity contribution is 0.414. The smallest absolute Gasteiger partial charge is 0.119 e. The van der Waals surface area contributed by atoms with Gasteiger partial charge in [-0.2, -0.15) is 0 Å². The van der Waals surface area contributed by atoms with Gasteiger partial charge in [0.05, 0.1) is 18.5 Å². The molecule has 3 nitrogen and oxygen atoms in total. The Labute approximate surface area is 94.9 Å². The monoisotopic (exact) mass is 214 g/mol. The van der Waals surface area contributed by atoms with Crippen molar-refractivity contribution < 1.29 is 4.74 Å². The summed E-state index contributed by atoms with van der Waals surface area (Å²) in [6, 6.07) is 11.6. The van der Waals surface area contributed by atoms with Gasteiger partial charge in [0.1, 0.15) is 5.75 Å². The predicted octanol–water partition coefficient (Wildman–Crippen LogP) is 2.26. The molecule has 1 aromatic carbocycles. The number of hydrogen-bond donors (Lipinski definition) is 1. The van der Waals surface area contributed by atoms with Crippen LogP contribution in [-0.4, -0.2) is 12.1 Å². The molecule has 0 spiro atoms. The van der Waals surface area contributed by atoms with Gasteiger partial charge in [0.2, 0.25) is 0 Å². The quantitative estimate of drug-likeness (QED) is 0.852. The minimum absolute atomic E-state index is 0.726. The number of nitrogens with two attached hydrogens (primary N) is 1. The van der Waals surface area contributed by atoms with Gasteiger partial charge >= 0.3 is 0 Å². The van der Waals surface area contributed by atoms with E-state index in [4.69, 9.17) is 10.5 Å². The van der Waals surface area contributed by atoms with Crippen LogP contribution in [-0.2, 0) is 6.42 Å². The number of nitrogens with zero attached hydrogens (tertiary/aromatic N) is 1.